The molecule has 0 saturated heterocycles. The molecule has 0 aliphatic heterocycles. The molecule has 0 bridgehead atoms. The summed E-state index contributed by atoms with van der Waals surface area (Å²) >= 11 is 0. The van der Waals surface area contributed by atoms with E-state index in [2.05, 4.69) is 20.8 Å². The second-order valence-electron chi connectivity index (χ2n) is 3.08. The average Bonchev–Trinajstić information content (AvgIpc) is 1.88. The van der Waals surface area contributed by atoms with Gasteiger partial charge in [-0.15, -0.1) is 0 Å². The van der Waals surface area contributed by atoms with Gasteiger partial charge in [-0.25, -0.2) is 0 Å². The van der Waals surface area contributed by atoms with E-state index in [1.165, 1.54) is 0 Å². The standard InChI is InChI=1S/C9H18O/c1-5-8(7(3)4)9(10)6-2/h7-8H,5-6H2,1-4H3. The van der Waals surface area contributed by atoms with Crippen LogP contribution in [0.15, 0.2) is 0 Å². The molecule has 0 aromatic heterocycles. The molecule has 0 saturated carbocycles. The zero-order chi connectivity index (χ0) is 8.15. The topological polar surface area (TPSA) is 17.1 Å². The molecule has 10 heavy (non-hydrogen) atoms. The van der Waals surface area contributed by atoms with Crippen LogP contribution in [-0.4, -0.2) is 5.78 Å². The molecule has 60 valence electrons. The molecule has 0 spiro atoms. The Morgan fingerprint density at radius 1 is 1.30 bits per heavy atom. The van der Waals surface area contributed by atoms with Crippen molar-refractivity contribution in [3.05, 3.63) is 0 Å². The van der Waals surface area contributed by atoms with Gasteiger partial charge in [-0.05, 0) is 12.3 Å². The van der Waals surface area contributed by atoms with Crippen LogP contribution in [0.4, 0.5) is 0 Å². The van der Waals surface area contributed by atoms with Crippen molar-refractivity contribution in [3.63, 3.8) is 0 Å². The first-order valence-electron chi connectivity index (χ1n) is 4.16. The fourth-order valence-electron chi connectivity index (χ4n) is 1.33. The molecule has 1 atom stereocenters. The van der Waals surface area contributed by atoms with Crippen molar-refractivity contribution >= 4 is 5.78 Å². The molecule has 0 amide bonds. The van der Waals surface area contributed by atoms with Gasteiger partial charge >= 0.3 is 0 Å². The van der Waals surface area contributed by atoms with Crippen LogP contribution in [0.2, 0.25) is 0 Å². The Balaban J connectivity index is 3.93. The Labute approximate surface area is 63.8 Å². The SMILES string of the molecule is CCC(=O)C(CC)C(C)C. The van der Waals surface area contributed by atoms with E-state index in [0.29, 0.717) is 24.0 Å². The number of hydrogen-bond acceptors (Lipinski definition) is 1. The Morgan fingerprint density at radius 2 is 1.80 bits per heavy atom. The van der Waals surface area contributed by atoms with Crippen molar-refractivity contribution in [2.75, 3.05) is 0 Å². The van der Waals surface area contributed by atoms with E-state index in [1.54, 1.807) is 0 Å². The van der Waals surface area contributed by atoms with E-state index < -0.39 is 0 Å². The summed E-state index contributed by atoms with van der Waals surface area (Å²) < 4.78 is 0. The van der Waals surface area contributed by atoms with Gasteiger partial charge in [-0.3, -0.25) is 4.79 Å². The van der Waals surface area contributed by atoms with Gasteiger partial charge in [-0.1, -0.05) is 27.7 Å². The molecule has 0 N–H and O–H groups in total. The fourth-order valence-corrected chi connectivity index (χ4v) is 1.33. The van der Waals surface area contributed by atoms with Gasteiger partial charge in [0.25, 0.3) is 0 Å². The lowest BCUT2D eigenvalue weighted by Crippen LogP contribution is -2.18. The highest BCUT2D eigenvalue weighted by Gasteiger charge is 2.17. The predicted molar refractivity (Wildman–Crippen MR) is 43.9 cm³/mol. The van der Waals surface area contributed by atoms with E-state index in [1.807, 2.05) is 6.92 Å². The monoisotopic (exact) mass is 142 g/mol. The van der Waals surface area contributed by atoms with Gasteiger partial charge in [0.15, 0.2) is 0 Å². The largest absolute Gasteiger partial charge is 0.299 e. The highest BCUT2D eigenvalue weighted by molar-refractivity contribution is 5.80. The normalized spacial score (nSPS) is 13.7. The molecule has 0 rings (SSSR count). The molecule has 1 unspecified atom stereocenters. The van der Waals surface area contributed by atoms with Crippen LogP contribution in [0.3, 0.4) is 0 Å². The summed E-state index contributed by atoms with van der Waals surface area (Å²) in [5, 5.41) is 0. The summed E-state index contributed by atoms with van der Waals surface area (Å²) in [5.74, 6) is 1.22. The maximum absolute atomic E-state index is 11.2. The molecule has 0 radical (unpaired) electrons. The summed E-state index contributed by atoms with van der Waals surface area (Å²) in [6, 6.07) is 0. The van der Waals surface area contributed by atoms with Crippen LogP contribution in [-0.2, 0) is 4.79 Å². The third kappa shape index (κ3) is 2.51. The first-order chi connectivity index (χ1) is 4.63. The van der Waals surface area contributed by atoms with Gasteiger partial charge in [0.2, 0.25) is 0 Å². The van der Waals surface area contributed by atoms with Crippen LogP contribution in [0.25, 0.3) is 0 Å². The Morgan fingerprint density at radius 3 is 1.90 bits per heavy atom. The first-order valence-corrected chi connectivity index (χ1v) is 4.16. The van der Waals surface area contributed by atoms with Crippen LogP contribution in [0, 0.1) is 11.8 Å². The lowest BCUT2D eigenvalue weighted by Gasteiger charge is -2.15. The molecular weight excluding hydrogens is 124 g/mol. The summed E-state index contributed by atoms with van der Waals surface area (Å²) in [6.07, 6.45) is 1.68. The number of carbonyl (C=O) groups excluding carboxylic acids is 1. The minimum absolute atomic E-state index is 0.296. The molecule has 0 aromatic rings. The number of carbonyl (C=O) groups is 1. The van der Waals surface area contributed by atoms with Gasteiger partial charge in [-0.2, -0.15) is 0 Å². The fraction of sp³-hybridized carbons (Fsp3) is 0.889. The minimum atomic E-state index is 0.296. The summed E-state index contributed by atoms with van der Waals surface area (Å²) in [4.78, 5) is 11.2. The Kier molecular flexibility index (Phi) is 4.33. The van der Waals surface area contributed by atoms with Crippen molar-refractivity contribution in [2.24, 2.45) is 11.8 Å². The van der Waals surface area contributed by atoms with Crippen molar-refractivity contribution < 1.29 is 4.79 Å². The number of hydrogen-bond donors (Lipinski definition) is 0. The van der Waals surface area contributed by atoms with E-state index >= 15 is 0 Å². The number of ketones is 1. The van der Waals surface area contributed by atoms with E-state index in [-0.39, 0.29) is 0 Å². The maximum Gasteiger partial charge on any atom is 0.135 e. The van der Waals surface area contributed by atoms with Crippen molar-refractivity contribution in [3.8, 4) is 0 Å². The summed E-state index contributed by atoms with van der Waals surface area (Å²) in [7, 11) is 0. The molecule has 0 aliphatic carbocycles. The highest BCUT2D eigenvalue weighted by atomic mass is 16.1. The zero-order valence-corrected chi connectivity index (χ0v) is 7.48. The molecule has 1 nitrogen and oxygen atoms in total. The molecule has 1 heteroatoms. The Bertz CT molecular complexity index is 105. The van der Waals surface area contributed by atoms with Crippen molar-refractivity contribution in [1.82, 2.24) is 0 Å². The van der Waals surface area contributed by atoms with Gasteiger partial charge in [0.05, 0.1) is 0 Å². The van der Waals surface area contributed by atoms with Crippen LogP contribution < -0.4 is 0 Å². The molecule has 0 aromatic carbocycles. The predicted octanol–water partition coefficient (Wildman–Crippen LogP) is 2.65. The van der Waals surface area contributed by atoms with Crippen LogP contribution >= 0.6 is 0 Å². The minimum Gasteiger partial charge on any atom is -0.299 e. The lowest BCUT2D eigenvalue weighted by atomic mass is 9.88. The second-order valence-corrected chi connectivity index (χ2v) is 3.08. The molecule has 0 aliphatic rings. The average molecular weight is 142 g/mol. The summed E-state index contributed by atoms with van der Waals surface area (Å²) in [5.41, 5.74) is 0. The molecule has 0 fully saturated rings. The smallest absolute Gasteiger partial charge is 0.135 e. The van der Waals surface area contributed by atoms with Gasteiger partial charge in [0, 0.05) is 12.3 Å². The maximum atomic E-state index is 11.2. The van der Waals surface area contributed by atoms with Crippen LogP contribution in [0.5, 0.6) is 0 Å². The third-order valence-corrected chi connectivity index (χ3v) is 2.01. The van der Waals surface area contributed by atoms with Gasteiger partial charge < -0.3 is 0 Å². The third-order valence-electron chi connectivity index (χ3n) is 2.01. The first kappa shape index (κ1) is 9.67. The lowest BCUT2D eigenvalue weighted by molar-refractivity contribution is -0.123. The van der Waals surface area contributed by atoms with Gasteiger partial charge in [0.1, 0.15) is 5.78 Å². The van der Waals surface area contributed by atoms with Crippen LogP contribution in [0.1, 0.15) is 40.5 Å². The number of rotatable bonds is 4. The zero-order valence-electron chi connectivity index (χ0n) is 7.48. The Hall–Kier alpha value is -0.330. The molecular formula is C9H18O. The summed E-state index contributed by atoms with van der Waals surface area (Å²) in [6.45, 7) is 8.25. The van der Waals surface area contributed by atoms with E-state index in [9.17, 15) is 4.79 Å². The highest BCUT2D eigenvalue weighted by Crippen LogP contribution is 2.16. The van der Waals surface area contributed by atoms with E-state index in [4.69, 9.17) is 0 Å². The quantitative estimate of drug-likeness (QED) is 0.589. The molecule has 0 heterocycles. The van der Waals surface area contributed by atoms with E-state index in [0.717, 1.165) is 6.42 Å². The van der Waals surface area contributed by atoms with Crippen molar-refractivity contribution in [1.29, 1.82) is 0 Å². The second kappa shape index (κ2) is 4.48. The van der Waals surface area contributed by atoms with Crippen molar-refractivity contribution in [2.45, 2.75) is 40.5 Å². The number of Topliss-reactive ketones (excluding diaryl/α,β-unsaturated/α-hetero) is 1.